The predicted octanol–water partition coefficient (Wildman–Crippen LogP) is 2.18. The van der Waals surface area contributed by atoms with Gasteiger partial charge in [-0.3, -0.25) is 19.0 Å². The van der Waals surface area contributed by atoms with Crippen molar-refractivity contribution < 1.29 is 13.9 Å². The average molecular weight is 464 g/mol. The summed E-state index contributed by atoms with van der Waals surface area (Å²) >= 11 is 0. The number of carbonyl (C=O) groups excluding carboxylic acids is 1. The van der Waals surface area contributed by atoms with Gasteiger partial charge in [0.1, 0.15) is 17.4 Å². The molecule has 8 nitrogen and oxygen atoms in total. The Bertz CT molecular complexity index is 1350. The second-order valence-corrected chi connectivity index (χ2v) is 8.92. The molecule has 0 atom stereocenters. The Balaban J connectivity index is 1.39. The second-order valence-electron chi connectivity index (χ2n) is 8.92. The zero-order valence-electron chi connectivity index (χ0n) is 18.9. The van der Waals surface area contributed by atoms with Crippen LogP contribution in [-0.2, 0) is 18.5 Å². The first kappa shape index (κ1) is 22.1. The summed E-state index contributed by atoms with van der Waals surface area (Å²) in [5.41, 5.74) is -0.413. The van der Waals surface area contributed by atoms with Crippen LogP contribution in [0.25, 0.3) is 0 Å². The Hall–Kier alpha value is -3.75. The molecule has 2 aliphatic heterocycles. The minimum absolute atomic E-state index is 0.187. The molecule has 1 fully saturated rings. The molecule has 5 rings (SSSR count). The maximum atomic E-state index is 13.6. The van der Waals surface area contributed by atoms with E-state index in [1.807, 2.05) is 12.1 Å². The zero-order chi connectivity index (χ0) is 23.9. The number of methoxy groups -OCH3 is 1. The molecule has 2 aromatic carbocycles. The summed E-state index contributed by atoms with van der Waals surface area (Å²) in [7, 11) is 1.58. The fraction of sp³-hybridized carbons (Fsp3) is 0.360. The fourth-order valence-corrected chi connectivity index (χ4v) is 5.00. The van der Waals surface area contributed by atoms with Crippen LogP contribution in [0.1, 0.15) is 41.0 Å². The number of likely N-dealkylation sites (tertiary alicyclic amines) is 1. The minimum atomic E-state index is -0.643. The third kappa shape index (κ3) is 3.81. The Morgan fingerprint density at radius 3 is 2.41 bits per heavy atom. The van der Waals surface area contributed by atoms with Gasteiger partial charge in [-0.05, 0) is 55.2 Å². The molecular weight excluding hydrogens is 439 g/mol. The number of fused-ring (bicyclic) bond motifs is 2. The molecule has 1 aromatic heterocycles. The molecule has 3 heterocycles. The van der Waals surface area contributed by atoms with Crippen molar-refractivity contribution in [2.75, 3.05) is 20.2 Å². The standard InChI is InChI=1S/C25H25FN4O4/c1-34-20-7-5-17(6-8-20)16-30-23(33)22(32)29-14-11-25(24(29)27-30)9-12-28(13-10-25)21(31)18-3-2-4-19(26)15-18/h2-8,15H,9-14,16H2,1H3. The monoisotopic (exact) mass is 464 g/mol. The maximum absolute atomic E-state index is 13.6. The van der Waals surface area contributed by atoms with Gasteiger partial charge in [-0.2, -0.15) is 5.10 Å². The van der Waals surface area contributed by atoms with Crippen LogP contribution in [-0.4, -0.2) is 45.4 Å². The van der Waals surface area contributed by atoms with Crippen LogP contribution < -0.4 is 15.9 Å². The number of amides is 1. The second kappa shape index (κ2) is 8.55. The van der Waals surface area contributed by atoms with Crippen LogP contribution in [0.15, 0.2) is 58.1 Å². The quantitative estimate of drug-likeness (QED) is 0.553. The van der Waals surface area contributed by atoms with Crippen molar-refractivity contribution >= 4 is 5.91 Å². The molecule has 0 bridgehead atoms. The van der Waals surface area contributed by atoms with Gasteiger partial charge in [0.25, 0.3) is 5.91 Å². The number of ether oxygens (including phenoxy) is 1. The highest BCUT2D eigenvalue weighted by Gasteiger charge is 2.45. The summed E-state index contributed by atoms with van der Waals surface area (Å²) in [6, 6.07) is 13.0. The number of hydrogen-bond donors (Lipinski definition) is 0. The molecular formula is C25H25FN4O4. The van der Waals surface area contributed by atoms with Crippen molar-refractivity contribution in [3.05, 3.63) is 92.0 Å². The molecule has 3 aromatic rings. The summed E-state index contributed by atoms with van der Waals surface area (Å²) < 4.78 is 21.5. The van der Waals surface area contributed by atoms with Gasteiger partial charge >= 0.3 is 11.1 Å². The SMILES string of the molecule is COc1ccc(Cn2nc3n(c(=O)c2=O)CCC32CCN(C(=O)c3cccc(F)c3)CC2)cc1. The van der Waals surface area contributed by atoms with E-state index in [0.29, 0.717) is 56.0 Å². The summed E-state index contributed by atoms with van der Waals surface area (Å²) in [5, 5.41) is 4.65. The van der Waals surface area contributed by atoms with Crippen molar-refractivity contribution in [3.8, 4) is 5.75 Å². The van der Waals surface area contributed by atoms with Crippen LogP contribution in [0.5, 0.6) is 5.75 Å². The Labute approximate surface area is 195 Å². The molecule has 176 valence electrons. The number of aromatic nitrogens is 3. The van der Waals surface area contributed by atoms with Gasteiger partial charge in [0.15, 0.2) is 0 Å². The summed E-state index contributed by atoms with van der Waals surface area (Å²) in [5.74, 6) is 0.671. The van der Waals surface area contributed by atoms with Crippen LogP contribution in [0.2, 0.25) is 0 Å². The van der Waals surface area contributed by atoms with E-state index in [0.717, 1.165) is 5.56 Å². The number of benzene rings is 2. The minimum Gasteiger partial charge on any atom is -0.497 e. The molecule has 1 saturated heterocycles. The first-order chi connectivity index (χ1) is 16.4. The summed E-state index contributed by atoms with van der Waals surface area (Å²) in [6.07, 6.45) is 1.95. The van der Waals surface area contributed by atoms with Gasteiger partial charge in [0, 0.05) is 30.6 Å². The lowest BCUT2D eigenvalue weighted by molar-refractivity contribution is 0.0661. The molecule has 0 N–H and O–H groups in total. The first-order valence-corrected chi connectivity index (χ1v) is 11.3. The van der Waals surface area contributed by atoms with E-state index in [1.165, 1.54) is 27.4 Å². The van der Waals surface area contributed by atoms with Crippen molar-refractivity contribution in [2.45, 2.75) is 37.8 Å². The average Bonchev–Trinajstić information content (AvgIpc) is 3.20. The van der Waals surface area contributed by atoms with Crippen molar-refractivity contribution in [1.82, 2.24) is 19.2 Å². The maximum Gasteiger partial charge on any atom is 0.332 e. The van der Waals surface area contributed by atoms with Gasteiger partial charge in [-0.1, -0.05) is 18.2 Å². The third-order valence-corrected chi connectivity index (χ3v) is 6.99. The van der Waals surface area contributed by atoms with E-state index in [9.17, 15) is 18.8 Å². The van der Waals surface area contributed by atoms with Gasteiger partial charge in [-0.15, -0.1) is 0 Å². The van der Waals surface area contributed by atoms with E-state index in [-0.39, 0.29) is 17.9 Å². The zero-order valence-corrected chi connectivity index (χ0v) is 18.9. The van der Waals surface area contributed by atoms with Crippen molar-refractivity contribution in [2.24, 2.45) is 0 Å². The highest BCUT2D eigenvalue weighted by Crippen LogP contribution is 2.41. The van der Waals surface area contributed by atoms with Crippen molar-refractivity contribution in [1.29, 1.82) is 0 Å². The molecule has 1 amide bonds. The molecule has 0 unspecified atom stereocenters. The molecule has 0 saturated carbocycles. The molecule has 34 heavy (non-hydrogen) atoms. The largest absolute Gasteiger partial charge is 0.497 e. The van der Waals surface area contributed by atoms with Gasteiger partial charge in [-0.25, -0.2) is 9.07 Å². The lowest BCUT2D eigenvalue weighted by atomic mass is 9.76. The fourth-order valence-electron chi connectivity index (χ4n) is 5.00. The molecule has 0 aliphatic carbocycles. The Morgan fingerprint density at radius 1 is 1.03 bits per heavy atom. The van der Waals surface area contributed by atoms with E-state index in [4.69, 9.17) is 4.74 Å². The van der Waals surface area contributed by atoms with Crippen LogP contribution in [0.3, 0.4) is 0 Å². The molecule has 0 radical (unpaired) electrons. The number of hydrogen-bond acceptors (Lipinski definition) is 5. The van der Waals surface area contributed by atoms with Crippen LogP contribution in [0.4, 0.5) is 4.39 Å². The van der Waals surface area contributed by atoms with Gasteiger partial charge in [0.05, 0.1) is 13.7 Å². The van der Waals surface area contributed by atoms with Crippen LogP contribution in [0, 0.1) is 5.82 Å². The highest BCUT2D eigenvalue weighted by atomic mass is 19.1. The molecule has 1 spiro atoms. The topological polar surface area (TPSA) is 86.4 Å². The van der Waals surface area contributed by atoms with E-state index >= 15 is 0 Å². The summed E-state index contributed by atoms with van der Waals surface area (Å²) in [6.45, 7) is 1.58. The molecule has 9 heteroatoms. The number of halogens is 1. The number of piperidine rings is 1. The number of carbonyl (C=O) groups is 1. The lowest BCUT2D eigenvalue weighted by Gasteiger charge is -2.38. The normalized spacial score (nSPS) is 16.5. The Morgan fingerprint density at radius 2 is 1.74 bits per heavy atom. The lowest BCUT2D eigenvalue weighted by Crippen LogP contribution is -2.48. The smallest absolute Gasteiger partial charge is 0.332 e. The summed E-state index contributed by atoms with van der Waals surface area (Å²) in [4.78, 5) is 40.1. The van der Waals surface area contributed by atoms with E-state index in [2.05, 4.69) is 5.10 Å². The molecule has 2 aliphatic rings. The number of nitrogens with zero attached hydrogens (tertiary/aromatic N) is 4. The third-order valence-electron chi connectivity index (χ3n) is 6.99. The Kier molecular flexibility index (Phi) is 5.55. The van der Waals surface area contributed by atoms with E-state index in [1.54, 1.807) is 30.2 Å². The number of rotatable bonds is 4. The predicted molar refractivity (Wildman–Crippen MR) is 123 cm³/mol. The van der Waals surface area contributed by atoms with Crippen molar-refractivity contribution in [3.63, 3.8) is 0 Å². The van der Waals surface area contributed by atoms with Gasteiger partial charge < -0.3 is 9.64 Å². The van der Waals surface area contributed by atoms with E-state index < -0.39 is 16.9 Å². The highest BCUT2D eigenvalue weighted by molar-refractivity contribution is 5.94. The first-order valence-electron chi connectivity index (χ1n) is 11.3. The van der Waals surface area contributed by atoms with Gasteiger partial charge in [0.2, 0.25) is 0 Å². The van der Waals surface area contributed by atoms with Crippen LogP contribution >= 0.6 is 0 Å².